The largest absolute Gasteiger partial charge is 0.460 e. The molecule has 0 aromatic heterocycles. The van der Waals surface area contributed by atoms with Gasteiger partial charge in [0.1, 0.15) is 34.4 Å². The number of carbonyl (C=O) groups is 1. The van der Waals surface area contributed by atoms with Gasteiger partial charge in [0.15, 0.2) is 0 Å². The Labute approximate surface area is 412 Å². The van der Waals surface area contributed by atoms with Crippen molar-refractivity contribution in [3.8, 4) is 45.3 Å². The SMILES string of the molecule is CC(C)(C)OC(=O)Cc1ccc(CNS(=O)(=O)Cc2ccc(-c3ccc(Oc4ccccc4)cc3)c(Cl)c2)cc1.COP(=O)(O)c1cc(-c2ccc(Oc3ccc(F)cc3)cc2)ccc1NS(C)(=O)=O. The van der Waals surface area contributed by atoms with Gasteiger partial charge in [0.05, 0.1) is 29.4 Å². The minimum absolute atomic E-state index is 0.0369. The van der Waals surface area contributed by atoms with E-state index in [9.17, 15) is 35.5 Å². The van der Waals surface area contributed by atoms with E-state index in [1.807, 2.05) is 81.4 Å². The Hall–Kier alpha value is -6.36. The molecule has 7 aromatic carbocycles. The fraction of sp³-hybridized carbons (Fsp3) is 0.173. The fourth-order valence-electron chi connectivity index (χ4n) is 6.68. The van der Waals surface area contributed by atoms with Crippen LogP contribution in [0.3, 0.4) is 0 Å². The van der Waals surface area contributed by atoms with Crippen molar-refractivity contribution in [3.05, 3.63) is 191 Å². The zero-order valence-corrected chi connectivity index (χ0v) is 42.0. The zero-order chi connectivity index (χ0) is 50.7. The lowest BCUT2D eigenvalue weighted by atomic mass is 10.0. The lowest BCUT2D eigenvalue weighted by Crippen LogP contribution is -2.25. The Morgan fingerprint density at radius 3 is 1.73 bits per heavy atom. The van der Waals surface area contributed by atoms with E-state index in [0.717, 1.165) is 41.4 Å². The van der Waals surface area contributed by atoms with Gasteiger partial charge in [-0.1, -0.05) is 96.5 Å². The van der Waals surface area contributed by atoms with Crippen LogP contribution in [0.5, 0.6) is 23.0 Å². The highest BCUT2D eigenvalue weighted by molar-refractivity contribution is 7.92. The van der Waals surface area contributed by atoms with Crippen molar-refractivity contribution in [2.45, 2.75) is 45.1 Å². The van der Waals surface area contributed by atoms with Gasteiger partial charge in [-0.15, -0.1) is 0 Å². The summed E-state index contributed by atoms with van der Waals surface area (Å²) in [4.78, 5) is 22.1. The number of sulfonamides is 2. The molecule has 0 saturated carbocycles. The van der Waals surface area contributed by atoms with Crippen LogP contribution in [0.1, 0.15) is 37.5 Å². The summed E-state index contributed by atoms with van der Waals surface area (Å²) in [7, 11) is -10.4. The van der Waals surface area contributed by atoms with Crippen LogP contribution < -0.4 is 24.2 Å². The Kier molecular flexibility index (Phi) is 17.4. The maximum atomic E-state index is 13.0. The third-order valence-corrected chi connectivity index (χ3v) is 13.6. The van der Waals surface area contributed by atoms with E-state index in [0.29, 0.717) is 39.0 Å². The summed E-state index contributed by atoms with van der Waals surface area (Å²) in [5.74, 6) is 1.59. The van der Waals surface area contributed by atoms with E-state index >= 15 is 0 Å². The van der Waals surface area contributed by atoms with Crippen LogP contribution in [0.15, 0.2) is 164 Å². The molecule has 0 radical (unpaired) electrons. The molecule has 18 heteroatoms. The zero-order valence-electron chi connectivity index (χ0n) is 38.8. The van der Waals surface area contributed by atoms with Gasteiger partial charge in [-0.05, 0) is 133 Å². The van der Waals surface area contributed by atoms with Gasteiger partial charge in [0.25, 0.3) is 0 Å². The monoisotopic (exact) mass is 1030 g/mol. The second-order valence-corrected chi connectivity index (χ2v) is 22.7. The van der Waals surface area contributed by atoms with Crippen LogP contribution in [0.2, 0.25) is 5.02 Å². The molecule has 13 nitrogen and oxygen atoms in total. The molecule has 7 aromatic rings. The molecule has 0 amide bonds. The lowest BCUT2D eigenvalue weighted by Gasteiger charge is -2.19. The first-order valence-electron chi connectivity index (χ1n) is 21.5. The van der Waals surface area contributed by atoms with Crippen molar-refractivity contribution in [3.63, 3.8) is 0 Å². The average molecular weight is 1030 g/mol. The van der Waals surface area contributed by atoms with Crippen LogP contribution in [-0.2, 0) is 57.4 Å². The first kappa shape index (κ1) is 53.0. The summed E-state index contributed by atoms with van der Waals surface area (Å²) in [5.41, 5.74) is 4.56. The minimum Gasteiger partial charge on any atom is -0.460 e. The molecular formula is C52H51ClFN2O11PS2. The molecule has 70 heavy (non-hydrogen) atoms. The maximum absolute atomic E-state index is 13.0. The van der Waals surface area contributed by atoms with Gasteiger partial charge < -0.3 is 23.6 Å². The predicted molar refractivity (Wildman–Crippen MR) is 272 cm³/mol. The Morgan fingerprint density at radius 2 is 1.19 bits per heavy atom. The second-order valence-electron chi connectivity index (χ2n) is 16.8. The maximum Gasteiger partial charge on any atom is 0.360 e. The summed E-state index contributed by atoms with van der Waals surface area (Å²) in [6.07, 6.45) is 1.10. The Balaban J connectivity index is 0.000000239. The van der Waals surface area contributed by atoms with Crippen LogP contribution in [-0.4, -0.2) is 46.7 Å². The van der Waals surface area contributed by atoms with Gasteiger partial charge in [0, 0.05) is 24.2 Å². The lowest BCUT2D eigenvalue weighted by molar-refractivity contribution is -0.153. The standard InChI is InChI=1S/C32H32ClNO5S.C20H19FNO6PS/c1-32(2,3)39-31(35)20-23-9-11-24(12-10-23)21-34-40(36,37)22-25-13-18-29(30(33)19-25)26-14-16-28(17-15-26)38-27-7-5-4-6-8-27;1-27-29(23,24)20-13-15(5-12-19(20)22-30(2,25)26)14-3-8-17(9-4-14)28-18-10-6-16(21)7-11-18/h4-19,34H,20-22H2,1-3H3;3-13,22H,1-2H3,(H,23,24). The molecule has 0 saturated heterocycles. The highest BCUT2D eigenvalue weighted by Crippen LogP contribution is 2.43. The van der Waals surface area contributed by atoms with Crippen molar-refractivity contribution in [1.82, 2.24) is 4.72 Å². The molecule has 366 valence electrons. The van der Waals surface area contributed by atoms with E-state index in [1.54, 1.807) is 66.7 Å². The Bertz CT molecular complexity index is 3180. The van der Waals surface area contributed by atoms with Gasteiger partial charge in [-0.3, -0.25) is 14.1 Å². The van der Waals surface area contributed by atoms with E-state index in [1.165, 1.54) is 36.4 Å². The minimum atomic E-state index is -4.24. The van der Waals surface area contributed by atoms with Crippen molar-refractivity contribution >= 4 is 56.2 Å². The van der Waals surface area contributed by atoms with Gasteiger partial charge in [0.2, 0.25) is 20.0 Å². The second kappa shape index (κ2) is 23.0. The number of anilines is 1. The number of para-hydroxylation sites is 1. The first-order valence-corrected chi connectivity index (χ1v) is 27.0. The molecule has 1 atom stereocenters. The third kappa shape index (κ3) is 16.4. The number of ether oxygens (including phenoxy) is 3. The molecule has 0 aliphatic heterocycles. The molecule has 0 aliphatic carbocycles. The summed E-state index contributed by atoms with van der Waals surface area (Å²) in [6.45, 7) is 5.61. The number of benzene rings is 7. The molecule has 7 rings (SSSR count). The number of rotatable bonds is 17. The van der Waals surface area contributed by atoms with Crippen molar-refractivity contribution in [2.24, 2.45) is 0 Å². The first-order chi connectivity index (χ1) is 33.0. The van der Waals surface area contributed by atoms with E-state index in [2.05, 4.69) is 9.44 Å². The van der Waals surface area contributed by atoms with E-state index in [4.69, 9.17) is 30.3 Å². The normalized spacial score (nSPS) is 12.5. The molecular weight excluding hydrogens is 978 g/mol. The molecule has 3 N–H and O–H groups in total. The average Bonchev–Trinajstić information content (AvgIpc) is 3.30. The fourth-order valence-corrected chi connectivity index (χ4v) is 9.68. The molecule has 0 fully saturated rings. The number of carbonyl (C=O) groups excluding carboxylic acids is 1. The van der Waals surface area contributed by atoms with Crippen LogP contribution >= 0.6 is 19.2 Å². The van der Waals surface area contributed by atoms with Gasteiger partial charge >= 0.3 is 13.6 Å². The predicted octanol–water partition coefficient (Wildman–Crippen LogP) is 11.4. The highest BCUT2D eigenvalue weighted by Gasteiger charge is 2.27. The van der Waals surface area contributed by atoms with E-state index < -0.39 is 33.2 Å². The third-order valence-electron chi connectivity index (χ3n) is 9.90. The summed E-state index contributed by atoms with van der Waals surface area (Å²) in [5, 5.41) is 0.296. The van der Waals surface area contributed by atoms with Crippen molar-refractivity contribution in [2.75, 3.05) is 18.1 Å². The quantitative estimate of drug-likeness (QED) is 0.0583. The Morgan fingerprint density at radius 1 is 0.671 bits per heavy atom. The number of hydrogen-bond acceptors (Lipinski definition) is 10. The molecule has 1 unspecified atom stereocenters. The van der Waals surface area contributed by atoms with Crippen LogP contribution in [0.4, 0.5) is 10.1 Å². The summed E-state index contributed by atoms with van der Waals surface area (Å²) < 4.78 is 100. The summed E-state index contributed by atoms with van der Waals surface area (Å²) in [6, 6.07) is 46.4. The van der Waals surface area contributed by atoms with Crippen LogP contribution in [0, 0.1) is 5.82 Å². The molecule has 0 spiro atoms. The number of nitrogens with one attached hydrogen (secondary N) is 2. The number of esters is 1. The highest BCUT2D eigenvalue weighted by atomic mass is 35.5. The summed E-state index contributed by atoms with van der Waals surface area (Å²) >= 11 is 6.54. The number of halogens is 2. The van der Waals surface area contributed by atoms with Gasteiger partial charge in [-0.2, -0.15) is 0 Å². The molecule has 0 heterocycles. The van der Waals surface area contributed by atoms with Crippen LogP contribution in [0.25, 0.3) is 22.3 Å². The van der Waals surface area contributed by atoms with Crippen molar-refractivity contribution < 1.29 is 54.2 Å². The number of hydrogen-bond donors (Lipinski definition) is 3. The molecule has 0 bridgehead atoms. The van der Waals surface area contributed by atoms with E-state index in [-0.39, 0.29) is 41.5 Å². The van der Waals surface area contributed by atoms with Crippen molar-refractivity contribution in [1.29, 1.82) is 0 Å². The smallest absolute Gasteiger partial charge is 0.360 e. The molecule has 0 aliphatic rings. The van der Waals surface area contributed by atoms with Gasteiger partial charge in [-0.25, -0.2) is 25.9 Å². The topological polar surface area (TPSA) is 184 Å².